The van der Waals surface area contributed by atoms with Gasteiger partial charge in [0.2, 0.25) is 5.91 Å². The number of fused-ring (bicyclic) bond motifs is 1. The number of aromatic nitrogens is 2. The Bertz CT molecular complexity index is 1060. The van der Waals surface area contributed by atoms with E-state index in [4.69, 9.17) is 0 Å². The molecule has 2 heterocycles. The molecule has 2 aromatic heterocycles. The van der Waals surface area contributed by atoms with Gasteiger partial charge in [0.25, 0.3) is 0 Å². The summed E-state index contributed by atoms with van der Waals surface area (Å²) in [6.07, 6.45) is 6.83. The number of nitrogens with zero attached hydrogens (tertiary/aromatic N) is 1. The van der Waals surface area contributed by atoms with Crippen molar-refractivity contribution in [3.8, 4) is 0 Å². The summed E-state index contributed by atoms with van der Waals surface area (Å²) < 4.78 is 0. The van der Waals surface area contributed by atoms with Crippen molar-refractivity contribution < 1.29 is 4.79 Å². The molecule has 0 radical (unpaired) electrons. The number of H-pyrrole nitrogens is 1. The molecule has 0 aliphatic heterocycles. The molecule has 2 N–H and O–H groups in total. The van der Waals surface area contributed by atoms with E-state index in [0.29, 0.717) is 6.42 Å². The number of hydrogen-bond acceptors (Lipinski definition) is 3. The van der Waals surface area contributed by atoms with Gasteiger partial charge in [-0.2, -0.15) is 0 Å². The second-order valence-corrected chi connectivity index (χ2v) is 7.63. The van der Waals surface area contributed by atoms with Gasteiger partial charge in [0.1, 0.15) is 0 Å². The number of thioether (sulfide) groups is 1. The van der Waals surface area contributed by atoms with Crippen LogP contribution < -0.4 is 5.32 Å². The first kappa shape index (κ1) is 18.3. The Morgan fingerprint density at radius 2 is 1.89 bits per heavy atom. The molecule has 5 heteroatoms. The lowest BCUT2D eigenvalue weighted by Crippen LogP contribution is -2.12. The van der Waals surface area contributed by atoms with Crippen LogP contribution in [0.2, 0.25) is 0 Å². The first-order valence-corrected chi connectivity index (χ1v) is 10.2. The highest BCUT2D eigenvalue weighted by Crippen LogP contribution is 2.24. The quantitative estimate of drug-likeness (QED) is 0.416. The maximum Gasteiger partial charge on any atom is 0.224 e. The van der Waals surface area contributed by atoms with Gasteiger partial charge in [-0.1, -0.05) is 24.3 Å². The molecule has 4 rings (SSSR count). The average Bonchev–Trinajstić information content (AvgIpc) is 3.16. The van der Waals surface area contributed by atoms with Crippen LogP contribution >= 0.6 is 11.8 Å². The summed E-state index contributed by atoms with van der Waals surface area (Å²) in [7, 11) is 0. The number of nitrogens with one attached hydrogen (secondary N) is 2. The topological polar surface area (TPSA) is 57.8 Å². The lowest BCUT2D eigenvalue weighted by molar-refractivity contribution is -0.116. The van der Waals surface area contributed by atoms with E-state index in [1.807, 2.05) is 60.9 Å². The molecular weight excluding hydrogens is 366 g/mol. The number of aryl methyl sites for hydroxylation is 1. The van der Waals surface area contributed by atoms with Crippen LogP contribution in [-0.2, 0) is 17.0 Å². The van der Waals surface area contributed by atoms with Crippen molar-refractivity contribution in [2.24, 2.45) is 0 Å². The Balaban J connectivity index is 1.28. The van der Waals surface area contributed by atoms with Crippen molar-refractivity contribution in [3.63, 3.8) is 0 Å². The predicted octanol–water partition coefficient (Wildman–Crippen LogP) is 5.43. The van der Waals surface area contributed by atoms with Gasteiger partial charge in [0, 0.05) is 52.3 Å². The van der Waals surface area contributed by atoms with E-state index >= 15 is 0 Å². The number of para-hydroxylation sites is 1. The van der Waals surface area contributed by atoms with E-state index in [1.165, 1.54) is 21.4 Å². The van der Waals surface area contributed by atoms with Gasteiger partial charge in [-0.05, 0) is 53.9 Å². The van der Waals surface area contributed by atoms with Crippen LogP contribution in [0.15, 0.2) is 84.1 Å². The molecule has 28 heavy (non-hydrogen) atoms. The highest BCUT2D eigenvalue weighted by molar-refractivity contribution is 7.98. The standard InChI is InChI=1S/C23H21N3OS/c27-23(12-7-18-15-25-22-6-2-1-5-21(18)22)26-19-8-10-20(11-9-19)28-16-17-4-3-13-24-14-17/h1-6,8-11,13-15,25H,7,12,16H2,(H,26,27). The molecule has 1 amide bonds. The fourth-order valence-corrected chi connectivity index (χ4v) is 3.93. The molecule has 0 aliphatic rings. The summed E-state index contributed by atoms with van der Waals surface area (Å²) in [5, 5.41) is 4.17. The lowest BCUT2D eigenvalue weighted by Gasteiger charge is -2.07. The molecule has 4 nitrogen and oxygen atoms in total. The Kier molecular flexibility index (Phi) is 5.73. The van der Waals surface area contributed by atoms with Crippen LogP contribution in [0.1, 0.15) is 17.5 Å². The maximum absolute atomic E-state index is 12.3. The largest absolute Gasteiger partial charge is 0.361 e. The lowest BCUT2D eigenvalue weighted by atomic mass is 10.1. The van der Waals surface area contributed by atoms with Crippen LogP contribution in [0, 0.1) is 0 Å². The molecule has 2 aromatic carbocycles. The third-order valence-electron chi connectivity index (χ3n) is 4.56. The summed E-state index contributed by atoms with van der Waals surface area (Å²) in [6.45, 7) is 0. The number of hydrogen-bond donors (Lipinski definition) is 2. The molecule has 4 aromatic rings. The minimum atomic E-state index is 0.0287. The van der Waals surface area contributed by atoms with Crippen molar-refractivity contribution >= 4 is 34.3 Å². The third kappa shape index (κ3) is 4.61. The normalized spacial score (nSPS) is 10.9. The van der Waals surface area contributed by atoms with E-state index in [2.05, 4.69) is 27.4 Å². The first-order valence-electron chi connectivity index (χ1n) is 9.24. The number of pyridine rings is 1. The van der Waals surface area contributed by atoms with Gasteiger partial charge in [-0.25, -0.2) is 0 Å². The van der Waals surface area contributed by atoms with Crippen LogP contribution in [0.25, 0.3) is 10.9 Å². The molecule has 0 saturated carbocycles. The van der Waals surface area contributed by atoms with Gasteiger partial charge in [-0.3, -0.25) is 9.78 Å². The zero-order valence-electron chi connectivity index (χ0n) is 15.4. The van der Waals surface area contributed by atoms with E-state index in [9.17, 15) is 4.79 Å². The number of aromatic amines is 1. The minimum Gasteiger partial charge on any atom is -0.361 e. The van der Waals surface area contributed by atoms with E-state index in [0.717, 1.165) is 23.4 Å². The molecule has 0 saturated heterocycles. The molecule has 0 spiro atoms. The van der Waals surface area contributed by atoms with Gasteiger partial charge in [0.05, 0.1) is 0 Å². The molecule has 0 aliphatic carbocycles. The Morgan fingerprint density at radius 1 is 1.04 bits per heavy atom. The van der Waals surface area contributed by atoms with E-state index in [1.54, 1.807) is 18.0 Å². The number of carbonyl (C=O) groups excluding carboxylic acids is 1. The number of benzene rings is 2. The van der Waals surface area contributed by atoms with Gasteiger partial charge < -0.3 is 10.3 Å². The monoisotopic (exact) mass is 387 g/mol. The maximum atomic E-state index is 12.3. The zero-order valence-corrected chi connectivity index (χ0v) is 16.2. The van der Waals surface area contributed by atoms with Crippen molar-refractivity contribution in [3.05, 3.63) is 90.4 Å². The van der Waals surface area contributed by atoms with Crippen LogP contribution in [0.5, 0.6) is 0 Å². The smallest absolute Gasteiger partial charge is 0.224 e. The summed E-state index contributed by atoms with van der Waals surface area (Å²) in [4.78, 5) is 20.9. The molecular formula is C23H21N3OS. The zero-order chi connectivity index (χ0) is 19.2. The van der Waals surface area contributed by atoms with Crippen LogP contribution in [0.3, 0.4) is 0 Å². The van der Waals surface area contributed by atoms with E-state index in [-0.39, 0.29) is 5.91 Å². The summed E-state index contributed by atoms with van der Waals surface area (Å²) >= 11 is 1.75. The highest BCUT2D eigenvalue weighted by atomic mass is 32.2. The Hall–Kier alpha value is -3.05. The van der Waals surface area contributed by atoms with Crippen molar-refractivity contribution in [1.82, 2.24) is 9.97 Å². The van der Waals surface area contributed by atoms with E-state index < -0.39 is 0 Å². The Morgan fingerprint density at radius 3 is 2.71 bits per heavy atom. The minimum absolute atomic E-state index is 0.0287. The molecule has 0 unspecified atom stereocenters. The highest BCUT2D eigenvalue weighted by Gasteiger charge is 2.07. The summed E-state index contributed by atoms with van der Waals surface area (Å²) in [6, 6.07) is 20.2. The van der Waals surface area contributed by atoms with Gasteiger partial charge in [-0.15, -0.1) is 11.8 Å². The molecule has 0 atom stereocenters. The second-order valence-electron chi connectivity index (χ2n) is 6.58. The van der Waals surface area contributed by atoms with Gasteiger partial charge in [0.15, 0.2) is 0 Å². The number of carbonyl (C=O) groups is 1. The van der Waals surface area contributed by atoms with Crippen molar-refractivity contribution in [1.29, 1.82) is 0 Å². The third-order valence-corrected chi connectivity index (χ3v) is 5.65. The summed E-state index contributed by atoms with van der Waals surface area (Å²) in [5.41, 5.74) is 4.31. The summed E-state index contributed by atoms with van der Waals surface area (Å²) in [5.74, 6) is 0.908. The van der Waals surface area contributed by atoms with Crippen molar-refractivity contribution in [2.45, 2.75) is 23.5 Å². The SMILES string of the molecule is O=C(CCc1c[nH]c2ccccc12)Nc1ccc(SCc2cccnc2)cc1. The second kappa shape index (κ2) is 8.76. The number of rotatable bonds is 7. The molecule has 140 valence electrons. The fraction of sp³-hybridized carbons (Fsp3) is 0.130. The van der Waals surface area contributed by atoms with Crippen molar-refractivity contribution in [2.75, 3.05) is 5.32 Å². The van der Waals surface area contributed by atoms with Crippen LogP contribution in [0.4, 0.5) is 5.69 Å². The number of anilines is 1. The first-order chi connectivity index (χ1) is 13.8. The fourth-order valence-electron chi connectivity index (χ4n) is 3.09. The predicted molar refractivity (Wildman–Crippen MR) is 115 cm³/mol. The average molecular weight is 388 g/mol. The molecule has 0 fully saturated rings. The van der Waals surface area contributed by atoms with Gasteiger partial charge >= 0.3 is 0 Å². The number of amides is 1. The van der Waals surface area contributed by atoms with Crippen LogP contribution in [-0.4, -0.2) is 15.9 Å². The Labute approximate surface area is 168 Å². The molecule has 0 bridgehead atoms.